The molecule has 0 saturated carbocycles. The maximum absolute atomic E-state index is 16.6. The Morgan fingerprint density at radius 2 is 1.77 bits per heavy atom. The van der Waals surface area contributed by atoms with Crippen LogP contribution in [0, 0.1) is 5.82 Å². The molecule has 1 saturated heterocycles. The third kappa shape index (κ3) is 5.85. The molecule has 248 valence electrons. The average molecular weight is 654 g/mol. The van der Waals surface area contributed by atoms with Gasteiger partial charge in [0.15, 0.2) is 17.4 Å². The number of halogens is 1. The monoisotopic (exact) mass is 653 g/mol. The van der Waals surface area contributed by atoms with Crippen LogP contribution in [0.15, 0.2) is 61.1 Å². The standard InChI is InChI=1S/C34H36FN9O4/c1-47-28-8-4-3-7-23(28)25-18-24(22-6-5-11-43(21-22)30(45)9-12-44-13-10-36-40-44)31(35)32-26(25)19-27(38-32)34(46)42-16-14-41(15-17-42)33-29(48-2)20-37-39-33/h3-4,6-8,10,13,18-20,38H,5,9,11-12,14-17,21H2,1-2H3,(H,37,39). The van der Waals surface area contributed by atoms with Crippen LogP contribution in [0.3, 0.4) is 0 Å². The van der Waals surface area contributed by atoms with E-state index < -0.39 is 5.82 Å². The van der Waals surface area contributed by atoms with Crippen molar-refractivity contribution in [2.45, 2.75) is 19.4 Å². The quantitative estimate of drug-likeness (QED) is 0.244. The summed E-state index contributed by atoms with van der Waals surface area (Å²) in [6.45, 7) is 3.33. The van der Waals surface area contributed by atoms with Crippen LogP contribution >= 0.6 is 0 Å². The molecule has 0 bridgehead atoms. The summed E-state index contributed by atoms with van der Waals surface area (Å²) in [5.74, 6) is 1.32. The third-order valence-electron chi connectivity index (χ3n) is 9.05. The smallest absolute Gasteiger partial charge is 0.270 e. The minimum absolute atomic E-state index is 0.0404. The fourth-order valence-electron chi connectivity index (χ4n) is 6.52. The van der Waals surface area contributed by atoms with Gasteiger partial charge in [-0.3, -0.25) is 19.4 Å². The summed E-state index contributed by atoms with van der Waals surface area (Å²) in [5.41, 5.74) is 3.10. The van der Waals surface area contributed by atoms with E-state index in [9.17, 15) is 9.59 Å². The zero-order valence-corrected chi connectivity index (χ0v) is 26.8. The molecule has 48 heavy (non-hydrogen) atoms. The molecular weight excluding hydrogens is 617 g/mol. The van der Waals surface area contributed by atoms with Gasteiger partial charge < -0.3 is 29.2 Å². The van der Waals surface area contributed by atoms with E-state index in [0.717, 1.165) is 16.9 Å². The van der Waals surface area contributed by atoms with E-state index in [-0.39, 0.29) is 30.3 Å². The van der Waals surface area contributed by atoms with Gasteiger partial charge in [-0.05, 0) is 35.8 Å². The van der Waals surface area contributed by atoms with Crippen LogP contribution in [0.25, 0.3) is 27.6 Å². The second-order valence-electron chi connectivity index (χ2n) is 11.8. The molecule has 5 aromatic rings. The van der Waals surface area contributed by atoms with E-state index in [0.29, 0.717) is 79.4 Å². The van der Waals surface area contributed by atoms with E-state index in [4.69, 9.17) is 9.47 Å². The topological polar surface area (TPSA) is 137 Å². The third-order valence-corrected chi connectivity index (χ3v) is 9.05. The lowest BCUT2D eigenvalue weighted by molar-refractivity contribution is -0.131. The number of hydrogen-bond donors (Lipinski definition) is 2. The Bertz CT molecular complexity index is 1980. The Kier molecular flexibility index (Phi) is 8.53. The second-order valence-corrected chi connectivity index (χ2v) is 11.8. The van der Waals surface area contributed by atoms with Gasteiger partial charge in [-0.25, -0.2) is 4.39 Å². The lowest BCUT2D eigenvalue weighted by Crippen LogP contribution is -2.49. The summed E-state index contributed by atoms with van der Waals surface area (Å²) in [6, 6.07) is 11.1. The van der Waals surface area contributed by atoms with Crippen molar-refractivity contribution in [2.24, 2.45) is 0 Å². The molecule has 0 radical (unpaired) electrons. The number of aryl methyl sites for hydroxylation is 1. The van der Waals surface area contributed by atoms with E-state index in [1.54, 1.807) is 53.4 Å². The SMILES string of the molecule is COc1ccccc1-c1cc(C2=CCCN(C(=O)CCn3ccnn3)C2)c(F)c2[nH]c(C(=O)N3CCN(c4[nH]ncc4OC)CC3)cc12. The van der Waals surface area contributed by atoms with Crippen molar-refractivity contribution in [3.05, 3.63) is 78.1 Å². The molecule has 2 aromatic carbocycles. The van der Waals surface area contributed by atoms with Crippen LogP contribution in [0.5, 0.6) is 11.5 Å². The first kappa shape index (κ1) is 31.0. The Morgan fingerprint density at radius 1 is 0.958 bits per heavy atom. The largest absolute Gasteiger partial charge is 0.496 e. The molecule has 14 heteroatoms. The summed E-state index contributed by atoms with van der Waals surface area (Å²) in [4.78, 5) is 35.7. The number of carbonyl (C=O) groups excluding carboxylic acids is 2. The van der Waals surface area contributed by atoms with Gasteiger partial charge in [0.25, 0.3) is 5.91 Å². The lowest BCUT2D eigenvalue weighted by Gasteiger charge is -2.35. The first-order valence-electron chi connectivity index (χ1n) is 15.9. The van der Waals surface area contributed by atoms with Crippen LogP contribution in [-0.4, -0.2) is 105 Å². The molecule has 2 aliphatic heterocycles. The summed E-state index contributed by atoms with van der Waals surface area (Å²) >= 11 is 0. The van der Waals surface area contributed by atoms with Crippen LogP contribution in [0.2, 0.25) is 0 Å². The van der Waals surface area contributed by atoms with Crippen molar-refractivity contribution in [1.29, 1.82) is 0 Å². The van der Waals surface area contributed by atoms with Gasteiger partial charge in [-0.15, -0.1) is 5.10 Å². The number of para-hydroxylation sites is 1. The molecule has 0 aliphatic carbocycles. The maximum Gasteiger partial charge on any atom is 0.270 e. The van der Waals surface area contributed by atoms with Gasteiger partial charge in [-0.2, -0.15) is 5.10 Å². The van der Waals surface area contributed by atoms with Crippen molar-refractivity contribution in [2.75, 3.05) is 58.4 Å². The van der Waals surface area contributed by atoms with Crippen LogP contribution < -0.4 is 14.4 Å². The molecule has 2 aliphatic rings. The number of fused-ring (bicyclic) bond motifs is 1. The van der Waals surface area contributed by atoms with Crippen LogP contribution in [0.1, 0.15) is 28.9 Å². The van der Waals surface area contributed by atoms with E-state index in [2.05, 4.69) is 30.4 Å². The number of nitrogens with zero attached hydrogens (tertiary/aromatic N) is 7. The molecule has 0 atom stereocenters. The Morgan fingerprint density at radius 3 is 2.54 bits per heavy atom. The first-order chi connectivity index (χ1) is 23.4. The van der Waals surface area contributed by atoms with Crippen molar-refractivity contribution < 1.29 is 23.5 Å². The number of carbonyl (C=O) groups is 2. The van der Waals surface area contributed by atoms with Gasteiger partial charge >= 0.3 is 0 Å². The fourth-order valence-corrected chi connectivity index (χ4v) is 6.52. The van der Waals surface area contributed by atoms with Crippen LogP contribution in [-0.2, 0) is 11.3 Å². The highest BCUT2D eigenvalue weighted by atomic mass is 19.1. The maximum atomic E-state index is 16.6. The number of anilines is 1. The molecular formula is C34H36FN9O4. The molecule has 0 unspecified atom stereocenters. The number of amides is 2. The van der Waals surface area contributed by atoms with E-state index in [1.807, 2.05) is 36.4 Å². The van der Waals surface area contributed by atoms with Gasteiger partial charge in [-0.1, -0.05) is 29.5 Å². The van der Waals surface area contributed by atoms with Crippen LogP contribution in [0.4, 0.5) is 10.2 Å². The highest BCUT2D eigenvalue weighted by molar-refractivity contribution is 6.05. The highest BCUT2D eigenvalue weighted by Crippen LogP contribution is 2.40. The number of benzene rings is 2. The molecule has 0 spiro atoms. The number of ether oxygens (including phenoxy) is 2. The number of aromatic nitrogens is 6. The van der Waals surface area contributed by atoms with Crippen molar-refractivity contribution >= 4 is 34.1 Å². The predicted octanol–water partition coefficient (Wildman–Crippen LogP) is 3.97. The van der Waals surface area contributed by atoms with E-state index in [1.165, 1.54) is 0 Å². The van der Waals surface area contributed by atoms with Crippen molar-refractivity contribution in [3.63, 3.8) is 0 Å². The summed E-state index contributed by atoms with van der Waals surface area (Å²) in [7, 11) is 3.19. The minimum atomic E-state index is -0.470. The zero-order chi connectivity index (χ0) is 33.2. The van der Waals surface area contributed by atoms with Gasteiger partial charge in [0.05, 0.1) is 38.7 Å². The summed E-state index contributed by atoms with van der Waals surface area (Å²) in [5, 5.41) is 15.3. The molecule has 1 fully saturated rings. The summed E-state index contributed by atoms with van der Waals surface area (Å²) in [6.07, 6.45) is 7.75. The Labute approximate surface area is 275 Å². The minimum Gasteiger partial charge on any atom is -0.496 e. The molecule has 2 amide bonds. The molecule has 3 aromatic heterocycles. The summed E-state index contributed by atoms with van der Waals surface area (Å²) < 4.78 is 29.3. The van der Waals surface area contributed by atoms with E-state index >= 15 is 4.39 Å². The second kappa shape index (κ2) is 13.2. The number of rotatable bonds is 9. The lowest BCUT2D eigenvalue weighted by atomic mass is 9.93. The predicted molar refractivity (Wildman–Crippen MR) is 177 cm³/mol. The van der Waals surface area contributed by atoms with Crippen molar-refractivity contribution in [3.8, 4) is 22.6 Å². The number of aromatic amines is 2. The highest BCUT2D eigenvalue weighted by Gasteiger charge is 2.29. The fraction of sp³-hybridized carbons (Fsp3) is 0.324. The Balaban J connectivity index is 1.19. The number of nitrogens with one attached hydrogen (secondary N) is 2. The average Bonchev–Trinajstić information content (AvgIpc) is 3.92. The normalized spacial score (nSPS) is 15.1. The molecule has 13 nitrogen and oxygen atoms in total. The Hall–Kier alpha value is -5.66. The van der Waals surface area contributed by atoms with Gasteiger partial charge in [0.1, 0.15) is 11.4 Å². The number of piperazine rings is 1. The molecule has 5 heterocycles. The zero-order valence-electron chi connectivity index (χ0n) is 26.8. The molecule has 2 N–H and O–H groups in total. The number of hydrogen-bond acceptors (Lipinski definition) is 8. The number of methoxy groups -OCH3 is 2. The van der Waals surface area contributed by atoms with Crippen molar-refractivity contribution in [1.82, 2.24) is 40.0 Å². The number of H-pyrrole nitrogens is 2. The molecule has 7 rings (SSSR count). The first-order valence-corrected chi connectivity index (χ1v) is 15.9. The van der Waals surface area contributed by atoms with Gasteiger partial charge in [0.2, 0.25) is 5.91 Å². The van der Waals surface area contributed by atoms with Gasteiger partial charge in [0, 0.05) is 68.4 Å².